The van der Waals surface area contributed by atoms with E-state index in [-0.39, 0.29) is 6.23 Å². The third-order valence-electron chi connectivity index (χ3n) is 3.27. The summed E-state index contributed by atoms with van der Waals surface area (Å²) in [5, 5.41) is 4.52. The summed E-state index contributed by atoms with van der Waals surface area (Å²) in [5.41, 5.74) is 2.72. The number of ether oxygens (including phenoxy) is 1. The van der Waals surface area contributed by atoms with Gasteiger partial charge in [-0.3, -0.25) is 0 Å². The van der Waals surface area contributed by atoms with Crippen molar-refractivity contribution in [2.45, 2.75) is 58.6 Å². The lowest BCUT2D eigenvalue weighted by molar-refractivity contribution is -0.0415. The lowest BCUT2D eigenvalue weighted by Gasteiger charge is -2.25. The van der Waals surface area contributed by atoms with Gasteiger partial charge < -0.3 is 4.74 Å². The Kier molecular flexibility index (Phi) is 3.64. The standard InChI is InChI=1S/C13H22N2O/c1-4-11-9-14-15(13(11)10(2)3)12-7-5-6-8-16-12/h9-10,12H,4-8H2,1-3H3. The fourth-order valence-electron chi connectivity index (χ4n) is 2.46. The predicted molar refractivity (Wildman–Crippen MR) is 64.5 cm³/mol. The zero-order valence-electron chi connectivity index (χ0n) is 10.6. The second-order valence-corrected chi connectivity index (χ2v) is 4.83. The summed E-state index contributed by atoms with van der Waals surface area (Å²) in [7, 11) is 0. The lowest BCUT2D eigenvalue weighted by Crippen LogP contribution is -2.21. The van der Waals surface area contributed by atoms with Gasteiger partial charge >= 0.3 is 0 Å². The minimum Gasteiger partial charge on any atom is -0.357 e. The van der Waals surface area contributed by atoms with Crippen LogP contribution in [0.1, 0.15) is 63.4 Å². The van der Waals surface area contributed by atoms with Crippen LogP contribution in [0.15, 0.2) is 6.20 Å². The molecule has 1 saturated heterocycles. The first kappa shape index (κ1) is 11.6. The molecule has 0 amide bonds. The zero-order valence-corrected chi connectivity index (χ0v) is 10.6. The lowest BCUT2D eigenvalue weighted by atomic mass is 10.0. The van der Waals surface area contributed by atoms with E-state index in [1.54, 1.807) is 0 Å². The average molecular weight is 222 g/mol. The Bertz CT molecular complexity index is 338. The second kappa shape index (κ2) is 5.00. The Balaban J connectivity index is 2.28. The number of rotatable bonds is 3. The Morgan fingerprint density at radius 2 is 2.31 bits per heavy atom. The van der Waals surface area contributed by atoms with E-state index in [1.807, 2.05) is 6.20 Å². The van der Waals surface area contributed by atoms with E-state index in [1.165, 1.54) is 24.1 Å². The molecule has 1 aromatic heterocycles. The van der Waals surface area contributed by atoms with Gasteiger partial charge in [0, 0.05) is 12.3 Å². The van der Waals surface area contributed by atoms with Crippen LogP contribution in [0.25, 0.3) is 0 Å². The van der Waals surface area contributed by atoms with Gasteiger partial charge in [0.15, 0.2) is 0 Å². The molecule has 1 unspecified atom stereocenters. The maximum absolute atomic E-state index is 5.81. The van der Waals surface area contributed by atoms with Crippen molar-refractivity contribution in [3.05, 3.63) is 17.5 Å². The molecule has 90 valence electrons. The van der Waals surface area contributed by atoms with Crippen LogP contribution in [0, 0.1) is 0 Å². The van der Waals surface area contributed by atoms with Crippen LogP contribution in [0.4, 0.5) is 0 Å². The Hall–Kier alpha value is -0.830. The Morgan fingerprint density at radius 1 is 1.50 bits per heavy atom. The molecule has 0 aromatic carbocycles. The van der Waals surface area contributed by atoms with Gasteiger partial charge in [0.05, 0.1) is 6.20 Å². The normalized spacial score (nSPS) is 21.6. The molecular formula is C13H22N2O. The molecule has 1 fully saturated rings. The highest BCUT2D eigenvalue weighted by Crippen LogP contribution is 2.28. The quantitative estimate of drug-likeness (QED) is 0.785. The second-order valence-electron chi connectivity index (χ2n) is 4.83. The largest absolute Gasteiger partial charge is 0.357 e. The molecule has 0 bridgehead atoms. The van der Waals surface area contributed by atoms with Gasteiger partial charge in [-0.05, 0) is 37.2 Å². The van der Waals surface area contributed by atoms with Crippen molar-refractivity contribution in [1.82, 2.24) is 9.78 Å². The van der Waals surface area contributed by atoms with Crippen molar-refractivity contribution in [1.29, 1.82) is 0 Å². The third kappa shape index (κ3) is 2.14. The number of aromatic nitrogens is 2. The third-order valence-corrected chi connectivity index (χ3v) is 3.27. The molecule has 1 aliphatic rings. The number of aryl methyl sites for hydroxylation is 1. The van der Waals surface area contributed by atoms with Crippen LogP contribution in [0.5, 0.6) is 0 Å². The van der Waals surface area contributed by atoms with E-state index in [9.17, 15) is 0 Å². The summed E-state index contributed by atoms with van der Waals surface area (Å²) in [6.07, 6.45) is 6.78. The zero-order chi connectivity index (χ0) is 11.5. The topological polar surface area (TPSA) is 27.1 Å². The molecule has 1 atom stereocenters. The van der Waals surface area contributed by atoms with E-state index < -0.39 is 0 Å². The van der Waals surface area contributed by atoms with Gasteiger partial charge in [-0.25, -0.2) is 4.68 Å². The maximum Gasteiger partial charge on any atom is 0.150 e. The van der Waals surface area contributed by atoms with Crippen molar-refractivity contribution in [3.63, 3.8) is 0 Å². The maximum atomic E-state index is 5.81. The van der Waals surface area contributed by atoms with Gasteiger partial charge in [-0.15, -0.1) is 0 Å². The van der Waals surface area contributed by atoms with E-state index in [0.29, 0.717) is 5.92 Å². The highest BCUT2D eigenvalue weighted by atomic mass is 16.5. The monoisotopic (exact) mass is 222 g/mol. The summed E-state index contributed by atoms with van der Waals surface area (Å²) in [6.45, 7) is 7.53. The number of nitrogens with zero attached hydrogens (tertiary/aromatic N) is 2. The highest BCUT2D eigenvalue weighted by Gasteiger charge is 2.22. The SMILES string of the molecule is CCc1cnn(C2CCCCO2)c1C(C)C. The van der Waals surface area contributed by atoms with Gasteiger partial charge in [0.2, 0.25) is 0 Å². The summed E-state index contributed by atoms with van der Waals surface area (Å²) < 4.78 is 7.93. The summed E-state index contributed by atoms with van der Waals surface area (Å²) in [5.74, 6) is 0.517. The van der Waals surface area contributed by atoms with Crippen LogP contribution < -0.4 is 0 Å². The smallest absolute Gasteiger partial charge is 0.150 e. The minimum atomic E-state index is 0.173. The molecular weight excluding hydrogens is 200 g/mol. The minimum absolute atomic E-state index is 0.173. The number of hydrogen-bond acceptors (Lipinski definition) is 2. The molecule has 1 aliphatic heterocycles. The van der Waals surface area contributed by atoms with Crippen molar-refractivity contribution >= 4 is 0 Å². The summed E-state index contributed by atoms with van der Waals surface area (Å²) in [6, 6.07) is 0. The van der Waals surface area contributed by atoms with E-state index in [0.717, 1.165) is 19.4 Å². The molecule has 1 aromatic rings. The van der Waals surface area contributed by atoms with Crippen molar-refractivity contribution < 1.29 is 4.74 Å². The van der Waals surface area contributed by atoms with Crippen molar-refractivity contribution in [2.24, 2.45) is 0 Å². The van der Waals surface area contributed by atoms with Crippen LogP contribution in [0.2, 0.25) is 0 Å². The first-order valence-electron chi connectivity index (χ1n) is 6.42. The van der Waals surface area contributed by atoms with Gasteiger partial charge in [0.1, 0.15) is 6.23 Å². The Labute approximate surface area is 97.8 Å². The molecule has 0 aliphatic carbocycles. The average Bonchev–Trinajstić information content (AvgIpc) is 2.73. The fourth-order valence-corrected chi connectivity index (χ4v) is 2.46. The Morgan fingerprint density at radius 3 is 2.88 bits per heavy atom. The molecule has 3 nitrogen and oxygen atoms in total. The van der Waals surface area contributed by atoms with Gasteiger partial charge in [0.25, 0.3) is 0 Å². The molecule has 3 heteroatoms. The van der Waals surface area contributed by atoms with Crippen molar-refractivity contribution in [2.75, 3.05) is 6.61 Å². The van der Waals surface area contributed by atoms with E-state index in [2.05, 4.69) is 30.6 Å². The fraction of sp³-hybridized carbons (Fsp3) is 0.769. The van der Waals surface area contributed by atoms with Gasteiger partial charge in [-0.2, -0.15) is 5.10 Å². The predicted octanol–water partition coefficient (Wildman–Crippen LogP) is 3.27. The first-order chi connectivity index (χ1) is 7.74. The molecule has 0 saturated carbocycles. The molecule has 2 heterocycles. The molecule has 0 radical (unpaired) electrons. The van der Waals surface area contributed by atoms with Crippen LogP contribution in [-0.2, 0) is 11.2 Å². The van der Waals surface area contributed by atoms with Crippen molar-refractivity contribution in [3.8, 4) is 0 Å². The van der Waals surface area contributed by atoms with E-state index >= 15 is 0 Å². The first-order valence-corrected chi connectivity index (χ1v) is 6.42. The van der Waals surface area contributed by atoms with E-state index in [4.69, 9.17) is 4.74 Å². The summed E-state index contributed by atoms with van der Waals surface area (Å²) in [4.78, 5) is 0. The molecule has 16 heavy (non-hydrogen) atoms. The highest BCUT2D eigenvalue weighted by molar-refractivity contribution is 5.21. The van der Waals surface area contributed by atoms with Gasteiger partial charge in [-0.1, -0.05) is 20.8 Å². The molecule has 0 N–H and O–H groups in total. The summed E-state index contributed by atoms with van der Waals surface area (Å²) >= 11 is 0. The number of hydrogen-bond donors (Lipinski definition) is 0. The van der Waals surface area contributed by atoms with Crippen LogP contribution >= 0.6 is 0 Å². The molecule has 2 rings (SSSR count). The molecule has 0 spiro atoms. The van der Waals surface area contributed by atoms with Crippen LogP contribution in [-0.4, -0.2) is 16.4 Å². The van der Waals surface area contributed by atoms with Crippen LogP contribution in [0.3, 0.4) is 0 Å².